The van der Waals surface area contributed by atoms with Gasteiger partial charge in [0.2, 0.25) is 0 Å². The van der Waals surface area contributed by atoms with Gasteiger partial charge in [0.1, 0.15) is 0 Å². The van der Waals surface area contributed by atoms with Gasteiger partial charge in [-0.3, -0.25) is 0 Å². The lowest BCUT2D eigenvalue weighted by molar-refractivity contribution is 0.486. The first-order valence-corrected chi connectivity index (χ1v) is 9.24. The number of benzene rings is 4. The molecule has 1 heterocycles. The maximum Gasteiger partial charge on any atom is 0.0448 e. The van der Waals surface area contributed by atoms with Gasteiger partial charge >= 0.3 is 0 Å². The molecule has 4 aromatic rings. The molecule has 0 amide bonds. The van der Waals surface area contributed by atoms with Crippen molar-refractivity contribution in [1.29, 1.82) is 0 Å². The van der Waals surface area contributed by atoms with Crippen molar-refractivity contribution in [2.24, 2.45) is 0 Å². The summed E-state index contributed by atoms with van der Waals surface area (Å²) in [5, 5.41) is 8.71. The maximum atomic E-state index is 6.30. The van der Waals surface area contributed by atoms with Gasteiger partial charge in [-0.15, -0.1) is 0 Å². The normalized spacial score (nSPS) is 18.9. The highest BCUT2D eigenvalue weighted by molar-refractivity contribution is 6.34. The molecule has 1 unspecified atom stereocenters. The van der Waals surface area contributed by atoms with Gasteiger partial charge in [-0.1, -0.05) is 41.9 Å². The number of hydrogen-bond donors (Lipinski definition) is 0. The van der Waals surface area contributed by atoms with E-state index in [1.54, 1.807) is 0 Å². The van der Waals surface area contributed by atoms with Crippen LogP contribution in [0.1, 0.15) is 26.2 Å². The van der Waals surface area contributed by atoms with E-state index in [2.05, 4.69) is 60.4 Å². The van der Waals surface area contributed by atoms with E-state index < -0.39 is 0 Å². The van der Waals surface area contributed by atoms with Crippen molar-refractivity contribution in [3.8, 4) is 0 Å². The zero-order valence-electron chi connectivity index (χ0n) is 13.8. The molecule has 5 rings (SSSR count). The van der Waals surface area contributed by atoms with Crippen molar-refractivity contribution in [3.05, 3.63) is 53.6 Å². The fourth-order valence-corrected chi connectivity index (χ4v) is 4.71. The Morgan fingerprint density at radius 1 is 0.875 bits per heavy atom. The number of rotatable bonds is 1. The van der Waals surface area contributed by atoms with Crippen molar-refractivity contribution in [2.75, 3.05) is 11.4 Å². The third-order valence-electron chi connectivity index (χ3n) is 5.65. The standard InChI is InChI=1S/C22H20ClN/c1-14-4-2-3-11-24(14)20-10-8-15-5-6-16-12-18(23)13-17-7-9-19(20)22(15)21(16)17/h5-10,12-14H,2-4,11H2,1H3. The molecular formula is C22H20ClN. The first-order valence-electron chi connectivity index (χ1n) is 8.86. The van der Waals surface area contributed by atoms with Crippen molar-refractivity contribution in [3.63, 3.8) is 0 Å². The summed E-state index contributed by atoms with van der Waals surface area (Å²) in [6.07, 6.45) is 3.93. The molecule has 0 aliphatic carbocycles. The number of hydrogen-bond acceptors (Lipinski definition) is 1. The lowest BCUT2D eigenvalue weighted by Gasteiger charge is -2.36. The molecule has 0 bridgehead atoms. The van der Waals surface area contributed by atoms with Gasteiger partial charge in [-0.2, -0.15) is 0 Å². The molecule has 0 spiro atoms. The molecule has 120 valence electrons. The topological polar surface area (TPSA) is 3.24 Å². The largest absolute Gasteiger partial charge is 0.368 e. The molecule has 1 nitrogen and oxygen atoms in total. The predicted molar refractivity (Wildman–Crippen MR) is 106 cm³/mol. The van der Waals surface area contributed by atoms with Crippen LogP contribution in [0.4, 0.5) is 5.69 Å². The predicted octanol–water partition coefficient (Wildman–Crippen LogP) is 6.62. The third kappa shape index (κ3) is 2.01. The zero-order chi connectivity index (χ0) is 16.3. The van der Waals surface area contributed by atoms with Gasteiger partial charge in [0.25, 0.3) is 0 Å². The summed E-state index contributed by atoms with van der Waals surface area (Å²) in [5.41, 5.74) is 1.39. The molecule has 0 saturated carbocycles. The molecule has 1 aliphatic rings. The van der Waals surface area contributed by atoms with Gasteiger partial charge in [0.05, 0.1) is 0 Å². The minimum Gasteiger partial charge on any atom is -0.368 e. The quantitative estimate of drug-likeness (QED) is 0.354. The summed E-state index contributed by atoms with van der Waals surface area (Å²) < 4.78 is 0. The highest BCUT2D eigenvalue weighted by Gasteiger charge is 2.21. The van der Waals surface area contributed by atoms with Crippen molar-refractivity contribution >= 4 is 49.6 Å². The fraction of sp³-hybridized carbons (Fsp3) is 0.273. The first-order chi connectivity index (χ1) is 11.7. The molecule has 1 atom stereocenters. The Morgan fingerprint density at radius 3 is 2.38 bits per heavy atom. The highest BCUT2D eigenvalue weighted by Crippen LogP contribution is 2.41. The lowest BCUT2D eigenvalue weighted by atomic mass is 9.92. The van der Waals surface area contributed by atoms with E-state index >= 15 is 0 Å². The van der Waals surface area contributed by atoms with Gasteiger partial charge in [0.15, 0.2) is 0 Å². The van der Waals surface area contributed by atoms with E-state index in [9.17, 15) is 0 Å². The molecule has 24 heavy (non-hydrogen) atoms. The smallest absolute Gasteiger partial charge is 0.0448 e. The Bertz CT molecular complexity index is 1030. The van der Waals surface area contributed by atoms with Crippen LogP contribution in [-0.4, -0.2) is 12.6 Å². The number of nitrogens with zero attached hydrogens (tertiary/aromatic N) is 1. The van der Waals surface area contributed by atoms with Crippen molar-refractivity contribution in [2.45, 2.75) is 32.2 Å². The summed E-state index contributed by atoms with van der Waals surface area (Å²) >= 11 is 6.30. The van der Waals surface area contributed by atoms with Crippen LogP contribution in [-0.2, 0) is 0 Å². The van der Waals surface area contributed by atoms with Gasteiger partial charge in [-0.25, -0.2) is 0 Å². The monoisotopic (exact) mass is 333 g/mol. The second kappa shape index (κ2) is 5.26. The van der Waals surface area contributed by atoms with E-state index in [1.165, 1.54) is 57.3 Å². The Balaban J connectivity index is 1.87. The zero-order valence-corrected chi connectivity index (χ0v) is 14.6. The molecule has 1 saturated heterocycles. The van der Waals surface area contributed by atoms with E-state index in [0.717, 1.165) is 11.6 Å². The Kier molecular flexibility index (Phi) is 3.14. The molecule has 1 aliphatic heterocycles. The molecule has 4 aromatic carbocycles. The SMILES string of the molecule is CC1CCCCN1c1ccc2ccc3cc(Cl)cc4ccc1c2c34. The summed E-state index contributed by atoms with van der Waals surface area (Å²) in [7, 11) is 0. The Hall–Kier alpha value is -1.99. The molecular weight excluding hydrogens is 314 g/mol. The van der Waals surface area contributed by atoms with E-state index in [-0.39, 0.29) is 0 Å². The van der Waals surface area contributed by atoms with Crippen LogP contribution in [0.5, 0.6) is 0 Å². The lowest BCUT2D eigenvalue weighted by Crippen LogP contribution is -2.37. The summed E-state index contributed by atoms with van der Waals surface area (Å²) in [5.74, 6) is 0. The minimum absolute atomic E-state index is 0.617. The van der Waals surface area contributed by atoms with Gasteiger partial charge in [-0.05, 0) is 71.3 Å². The van der Waals surface area contributed by atoms with Crippen LogP contribution in [0.15, 0.2) is 48.5 Å². The van der Waals surface area contributed by atoms with E-state index in [0.29, 0.717) is 6.04 Å². The first kappa shape index (κ1) is 14.4. The van der Waals surface area contributed by atoms with E-state index in [4.69, 9.17) is 11.6 Å². The van der Waals surface area contributed by atoms with Crippen LogP contribution in [0.3, 0.4) is 0 Å². The molecule has 1 fully saturated rings. The van der Waals surface area contributed by atoms with Crippen LogP contribution < -0.4 is 4.90 Å². The van der Waals surface area contributed by atoms with Crippen molar-refractivity contribution in [1.82, 2.24) is 0 Å². The van der Waals surface area contributed by atoms with Crippen LogP contribution in [0.2, 0.25) is 5.02 Å². The maximum absolute atomic E-state index is 6.30. The Morgan fingerprint density at radius 2 is 1.58 bits per heavy atom. The average molecular weight is 334 g/mol. The van der Waals surface area contributed by atoms with Crippen LogP contribution in [0.25, 0.3) is 32.3 Å². The number of halogens is 1. The minimum atomic E-state index is 0.617. The van der Waals surface area contributed by atoms with Gasteiger partial charge in [0, 0.05) is 28.7 Å². The average Bonchev–Trinajstić information content (AvgIpc) is 2.59. The van der Waals surface area contributed by atoms with E-state index in [1.807, 2.05) is 0 Å². The summed E-state index contributed by atoms with van der Waals surface area (Å²) in [6.45, 7) is 3.52. The number of piperidine rings is 1. The second-order valence-corrected chi connectivity index (χ2v) is 7.56. The molecule has 0 N–H and O–H groups in total. The Labute approximate surface area is 147 Å². The molecule has 0 radical (unpaired) electrons. The number of anilines is 1. The van der Waals surface area contributed by atoms with Gasteiger partial charge < -0.3 is 4.90 Å². The summed E-state index contributed by atoms with van der Waals surface area (Å²) in [6, 6.07) is 18.3. The fourth-order valence-electron chi connectivity index (χ4n) is 4.47. The molecule has 0 aromatic heterocycles. The summed E-state index contributed by atoms with van der Waals surface area (Å²) in [4.78, 5) is 2.60. The van der Waals surface area contributed by atoms with Crippen LogP contribution in [0, 0.1) is 0 Å². The molecule has 2 heteroatoms. The van der Waals surface area contributed by atoms with Crippen molar-refractivity contribution < 1.29 is 0 Å². The second-order valence-electron chi connectivity index (χ2n) is 7.13. The third-order valence-corrected chi connectivity index (χ3v) is 5.87. The van der Waals surface area contributed by atoms with Crippen LogP contribution >= 0.6 is 11.6 Å². The highest BCUT2D eigenvalue weighted by atomic mass is 35.5.